The van der Waals surface area contributed by atoms with Crippen LogP contribution in [0.2, 0.25) is 19.6 Å². The fraction of sp³-hybridized carbons (Fsp3) is 0.361. The van der Waals surface area contributed by atoms with Gasteiger partial charge < -0.3 is 112 Å². The highest BCUT2D eigenvalue weighted by Crippen LogP contribution is 2.48. The Morgan fingerprint density at radius 1 is 0.289 bits per heavy atom. The van der Waals surface area contributed by atoms with Gasteiger partial charge in [-0.15, -0.1) is 11.6 Å². The van der Waals surface area contributed by atoms with Gasteiger partial charge >= 0.3 is 5.97 Å². The number of rotatable bonds is 52. The standard InChI is InChI=1S/C31H40O6Si.C29H35NO5.C28H31ClO5S.C28H33NO5.CH5N.2CH4O.H2O/c1-33-27-17-11-24(12-18-27)31(35-3,25-13-19-28(34-2)20-14-25)26-15-21-29(22-16-26)36-23-9-7-8-10-30(32)37-38(4,5)6;1-30-28(31)8-6-5-7-21-35-27-19-13-24(14-20-27)29(34-4,22-9-15-25(32-2)16-10-22)23-11-17-26(33-3)18-12-23;1-31-24-14-8-21(9-15-24)28(29,22-10-16-25(32-2)17-11-22)23-12-18-26(19-13-23)33-20-6-4-5-7-27(30)34-35-3;1-29-27(30)7-5-4-6-20-34-26-18-12-23(13-19-26)28(31,21-8-14-24(32-2)15-9-21)22-10-16-25(33-3)17-11-22;3*1-2;/h11-22H,7-10,23H2,1-6H3;9-20H,5-8,21H2,1-4H3,(H,30,31);8-19H,4-7,20H2,1-3H3;8-19,31H,4-7,20H2,1-3H3,(H,29,30);2H2,1H3;2*2H,1H3;1H2/p+1. The Hall–Kier alpha value is -13.3. The lowest BCUT2D eigenvalue weighted by atomic mass is 9.80. The lowest BCUT2D eigenvalue weighted by molar-refractivity contribution is -0.135. The highest BCUT2D eigenvalue weighted by molar-refractivity contribution is 7.94. The van der Waals surface area contributed by atoms with E-state index in [1.54, 1.807) is 91.4 Å². The second-order valence-corrected chi connectivity index (χ2v) is 39.8. The van der Waals surface area contributed by atoms with Crippen LogP contribution in [-0.4, -0.2) is 187 Å². The van der Waals surface area contributed by atoms with E-state index in [9.17, 15) is 24.3 Å². The van der Waals surface area contributed by atoms with Crippen molar-refractivity contribution in [1.29, 1.82) is 0 Å². The number of hydrogen-bond acceptors (Lipinski definition) is 25. The summed E-state index contributed by atoms with van der Waals surface area (Å²) in [6.07, 6.45) is 14.3. The van der Waals surface area contributed by atoms with Gasteiger partial charge in [0.2, 0.25) is 20.1 Å². The van der Waals surface area contributed by atoms with Gasteiger partial charge in [-0.05, 0) is 316 Å². The zero-order chi connectivity index (χ0) is 108. The molecule has 0 atom stereocenters. The van der Waals surface area contributed by atoms with Gasteiger partial charge in [-0.2, -0.15) is 0 Å². The number of ether oxygens (including phenoxy) is 14. The zero-order valence-electron chi connectivity index (χ0n) is 89.8. The molecule has 0 aliphatic carbocycles. The first kappa shape index (κ1) is 126. The molecular weight excluding hydrogens is 1950 g/mol. The first-order valence-electron chi connectivity index (χ1n) is 49.3. The van der Waals surface area contributed by atoms with E-state index in [1.165, 1.54) is 7.05 Å². The highest BCUT2D eigenvalue weighted by atomic mass is 35.5. The largest absolute Gasteiger partial charge is 0.520 e. The molecule has 0 spiro atoms. The average molecular weight is 2110 g/mol. The smallest absolute Gasteiger partial charge is 0.317 e. The maximum Gasteiger partial charge on any atom is 0.317 e. The van der Waals surface area contributed by atoms with E-state index in [-0.39, 0.29) is 29.2 Å². The Morgan fingerprint density at radius 2 is 0.470 bits per heavy atom. The van der Waals surface area contributed by atoms with Crippen molar-refractivity contribution >= 4 is 55.7 Å². The molecule has 0 aliphatic rings. The van der Waals surface area contributed by atoms with Crippen LogP contribution in [0.3, 0.4) is 0 Å². The van der Waals surface area contributed by atoms with Gasteiger partial charge in [0.05, 0.1) is 95.3 Å². The number of carbonyl (C=O) groups excluding carboxylic acids is 4. The van der Waals surface area contributed by atoms with Crippen LogP contribution in [-0.2, 0) is 64.4 Å². The molecular formula is C119H155ClN3O24SSi+. The Balaban J connectivity index is 0.000000342. The van der Waals surface area contributed by atoms with E-state index in [0.29, 0.717) is 52.1 Å². The van der Waals surface area contributed by atoms with Gasteiger partial charge in [0.15, 0.2) is 0 Å². The summed E-state index contributed by atoms with van der Waals surface area (Å²) >= 11 is 8.49. The molecule has 0 saturated heterocycles. The second-order valence-electron chi connectivity index (χ2n) is 34.3. The minimum Gasteiger partial charge on any atom is -0.520 e. The number of nitrogens with one attached hydrogen (secondary N) is 2. The van der Waals surface area contributed by atoms with E-state index >= 15 is 0 Å². The van der Waals surface area contributed by atoms with Crippen molar-refractivity contribution in [2.24, 2.45) is 5.73 Å². The van der Waals surface area contributed by atoms with E-state index in [0.717, 1.165) is 239 Å². The first-order valence-corrected chi connectivity index (χ1v) is 54.2. The summed E-state index contributed by atoms with van der Waals surface area (Å²) in [5, 5.41) is 31.3. The number of unbranched alkanes of at least 4 members (excludes halogenated alkanes) is 8. The SMILES string of the molecule is CN.CNC(=O)CCCCCOc1ccc(C(O)(c2ccc(OC)cc2)c2ccc(OC)cc2)cc1.CNC(=O)CCCCCOc1ccc(C(OC)(c2ccc(OC)cc2)c2ccc(OC)cc2)cc1.CO.CO.COc1ccc(C(Cl)(c2ccc(OC)cc2)c2ccc(OCCCCCC(=O)OSC)cc2)cc1.COc1ccc(C(OC)(c2ccc(OC)cc2)c2ccc(OCCCCCC(=O)O[Si](C)(C)C)cc2)cc1.[OH3+]. The van der Waals surface area contributed by atoms with E-state index in [4.69, 9.17) is 96.7 Å². The topological polar surface area (TPSA) is 360 Å². The van der Waals surface area contributed by atoms with Crippen LogP contribution in [0.4, 0.5) is 0 Å². The summed E-state index contributed by atoms with van der Waals surface area (Å²) in [6, 6.07) is 93.5. The zero-order valence-corrected chi connectivity index (χ0v) is 92.4. The number of aliphatic hydroxyl groups excluding tert-OH is 2. The number of methoxy groups -OCH3 is 10. The molecule has 149 heavy (non-hydrogen) atoms. The van der Waals surface area contributed by atoms with Crippen LogP contribution in [0, 0.1) is 0 Å². The van der Waals surface area contributed by atoms with Crippen LogP contribution in [0.25, 0.3) is 0 Å². The van der Waals surface area contributed by atoms with Gasteiger partial charge in [-0.3, -0.25) is 19.2 Å². The van der Waals surface area contributed by atoms with Crippen LogP contribution in [0.15, 0.2) is 291 Å². The van der Waals surface area contributed by atoms with Crippen molar-refractivity contribution in [3.8, 4) is 69.0 Å². The molecule has 12 aromatic carbocycles. The van der Waals surface area contributed by atoms with Crippen molar-refractivity contribution in [3.63, 3.8) is 0 Å². The molecule has 12 aromatic rings. The number of nitrogens with two attached hydrogens (primary N) is 1. The summed E-state index contributed by atoms with van der Waals surface area (Å²) < 4.78 is 89.3. The number of amides is 2. The monoisotopic (exact) mass is 2110 g/mol. The molecule has 2 amide bonds. The van der Waals surface area contributed by atoms with Gasteiger partial charge in [-0.1, -0.05) is 146 Å². The molecule has 30 heteroatoms. The summed E-state index contributed by atoms with van der Waals surface area (Å²) in [6.45, 7) is 8.43. The number of aliphatic hydroxyl groups is 3. The number of hydrogen-bond donors (Lipinski definition) is 6. The normalized spacial score (nSPS) is 10.8. The molecule has 27 nitrogen and oxygen atoms in total. The second kappa shape index (κ2) is 68.3. The maximum absolute atomic E-state index is 12.0. The van der Waals surface area contributed by atoms with Crippen LogP contribution >= 0.6 is 23.6 Å². The summed E-state index contributed by atoms with van der Waals surface area (Å²) in [5.41, 5.74) is 12.3. The molecule has 10 N–H and O–H groups in total. The Labute approximate surface area is 891 Å². The van der Waals surface area contributed by atoms with Gasteiger partial charge in [0, 0.05) is 74.5 Å². The van der Waals surface area contributed by atoms with Gasteiger partial charge in [-0.25, -0.2) is 0 Å². The molecule has 0 heterocycles. The molecule has 0 unspecified atom stereocenters. The van der Waals surface area contributed by atoms with Crippen LogP contribution < -0.4 is 73.2 Å². The fourth-order valence-electron chi connectivity index (χ4n) is 16.2. The van der Waals surface area contributed by atoms with Gasteiger partial charge in [0.25, 0.3) is 5.97 Å². The van der Waals surface area contributed by atoms with E-state index < -0.39 is 30.0 Å². The summed E-state index contributed by atoms with van der Waals surface area (Å²) in [7, 11) is 21.6. The number of alkyl halides is 1. The molecule has 0 radical (unpaired) electrons. The quantitative estimate of drug-likeness (QED) is 0.00515. The fourth-order valence-corrected chi connectivity index (χ4v) is 17.7. The molecule has 0 aliphatic heterocycles. The van der Waals surface area contributed by atoms with Crippen molar-refractivity contribution in [1.82, 2.24) is 10.6 Å². The van der Waals surface area contributed by atoms with Crippen LogP contribution in [0.5, 0.6) is 69.0 Å². The lowest BCUT2D eigenvalue weighted by Crippen LogP contribution is -2.31. The molecule has 12 rings (SSSR count). The number of benzene rings is 12. The van der Waals surface area contributed by atoms with Crippen LogP contribution in [0.1, 0.15) is 169 Å². The third-order valence-corrected chi connectivity index (χ3v) is 25.9. The third-order valence-electron chi connectivity index (χ3n) is 24.0. The van der Waals surface area contributed by atoms with E-state index in [2.05, 4.69) is 16.4 Å². The summed E-state index contributed by atoms with van der Waals surface area (Å²) in [4.78, 5) is 44.9. The van der Waals surface area contributed by atoms with Crippen molar-refractivity contribution in [2.75, 3.05) is 139 Å². The third kappa shape index (κ3) is 38.3. The highest BCUT2D eigenvalue weighted by Gasteiger charge is 2.40. The molecule has 0 aromatic heterocycles. The van der Waals surface area contributed by atoms with Crippen molar-refractivity contribution in [2.45, 2.75) is 144 Å². The minimum absolute atomic E-state index is 0. The molecule has 0 fully saturated rings. The Kier molecular flexibility index (Phi) is 57.9. The van der Waals surface area contributed by atoms with Gasteiger partial charge in [0.1, 0.15) is 90.7 Å². The predicted molar refractivity (Wildman–Crippen MR) is 596 cm³/mol. The molecule has 806 valence electrons. The van der Waals surface area contributed by atoms with Crippen molar-refractivity contribution in [3.05, 3.63) is 358 Å². The Bertz CT molecular complexity index is 5510. The number of halogens is 1. The van der Waals surface area contributed by atoms with E-state index in [1.807, 2.05) is 311 Å². The first-order chi connectivity index (χ1) is 71.8. The Morgan fingerprint density at radius 3 is 0.651 bits per heavy atom. The molecule has 0 bridgehead atoms. The molecule has 0 saturated carbocycles. The number of carbonyl (C=O) groups is 4. The summed E-state index contributed by atoms with van der Waals surface area (Å²) in [5.74, 6) is 9.12. The maximum atomic E-state index is 12.0. The predicted octanol–water partition coefficient (Wildman–Crippen LogP) is 21.8. The lowest BCUT2D eigenvalue weighted by Gasteiger charge is -2.34. The minimum atomic E-state index is -1.81. The average Bonchev–Trinajstić information content (AvgIpc) is 0.756. The van der Waals surface area contributed by atoms with Crippen molar-refractivity contribution < 1.29 is 115 Å².